The van der Waals surface area contributed by atoms with Gasteiger partial charge < -0.3 is 14.8 Å². The third-order valence-electron chi connectivity index (χ3n) is 2.66. The fraction of sp³-hybridized carbons (Fsp3) is 0.333. The van der Waals surface area contributed by atoms with Gasteiger partial charge in [0, 0.05) is 13.1 Å². The van der Waals surface area contributed by atoms with Crippen molar-refractivity contribution in [2.24, 2.45) is 0 Å². The standard InChI is InChI=1S/C12H15N5O3S/c1-13-11(18)7-21-12-14-15-16-17(12)8-4-5-9(19-2)10(6-8)20-3/h4-6H,7H2,1-3H3,(H,13,18). The van der Waals surface area contributed by atoms with E-state index in [0.717, 1.165) is 5.69 Å². The Kier molecular flexibility index (Phi) is 4.99. The molecule has 0 atom stereocenters. The van der Waals surface area contributed by atoms with E-state index >= 15 is 0 Å². The molecule has 1 aromatic heterocycles. The van der Waals surface area contributed by atoms with Gasteiger partial charge in [-0.25, -0.2) is 0 Å². The molecule has 2 rings (SSSR count). The first-order valence-electron chi connectivity index (χ1n) is 6.03. The Bertz CT molecular complexity index is 631. The molecule has 0 radical (unpaired) electrons. The van der Waals surface area contributed by atoms with Crippen molar-refractivity contribution in [1.82, 2.24) is 25.5 Å². The van der Waals surface area contributed by atoms with Crippen LogP contribution in [0.4, 0.5) is 0 Å². The van der Waals surface area contributed by atoms with Gasteiger partial charge in [0.1, 0.15) is 0 Å². The third-order valence-corrected chi connectivity index (χ3v) is 3.58. The van der Waals surface area contributed by atoms with Crippen LogP contribution in [0.15, 0.2) is 23.4 Å². The number of methoxy groups -OCH3 is 2. The van der Waals surface area contributed by atoms with Crippen molar-refractivity contribution in [2.75, 3.05) is 27.0 Å². The summed E-state index contributed by atoms with van der Waals surface area (Å²) in [6.45, 7) is 0. The lowest BCUT2D eigenvalue weighted by molar-refractivity contribution is -0.118. The Morgan fingerprint density at radius 2 is 2.10 bits per heavy atom. The monoisotopic (exact) mass is 309 g/mol. The summed E-state index contributed by atoms with van der Waals surface area (Å²) < 4.78 is 12.0. The van der Waals surface area contributed by atoms with Crippen LogP contribution in [0.1, 0.15) is 0 Å². The number of hydrogen-bond donors (Lipinski definition) is 1. The number of carbonyl (C=O) groups excluding carboxylic acids is 1. The summed E-state index contributed by atoms with van der Waals surface area (Å²) in [5, 5.41) is 14.5. The number of thioether (sulfide) groups is 1. The molecule has 0 aliphatic carbocycles. The van der Waals surface area contributed by atoms with Crippen LogP contribution in [0, 0.1) is 0 Å². The lowest BCUT2D eigenvalue weighted by atomic mass is 10.3. The Labute approximate surface area is 125 Å². The highest BCUT2D eigenvalue weighted by atomic mass is 32.2. The summed E-state index contributed by atoms with van der Waals surface area (Å²) in [6.07, 6.45) is 0. The molecule has 0 saturated heterocycles. The predicted molar refractivity (Wildman–Crippen MR) is 77.0 cm³/mol. The Morgan fingerprint density at radius 3 is 2.76 bits per heavy atom. The van der Waals surface area contributed by atoms with Crippen molar-refractivity contribution in [3.8, 4) is 17.2 Å². The molecule has 1 N–H and O–H groups in total. The molecule has 2 aromatic rings. The molecule has 0 aliphatic rings. The molecule has 0 saturated carbocycles. The fourth-order valence-electron chi connectivity index (χ4n) is 1.59. The number of hydrogen-bond acceptors (Lipinski definition) is 7. The van der Waals surface area contributed by atoms with Crippen LogP contribution >= 0.6 is 11.8 Å². The van der Waals surface area contributed by atoms with Gasteiger partial charge in [-0.1, -0.05) is 11.8 Å². The number of nitrogens with one attached hydrogen (secondary N) is 1. The maximum atomic E-state index is 11.3. The number of ether oxygens (including phenoxy) is 2. The second-order valence-corrected chi connectivity index (χ2v) is 4.82. The van der Waals surface area contributed by atoms with Gasteiger partial charge in [0.05, 0.1) is 25.7 Å². The van der Waals surface area contributed by atoms with E-state index in [9.17, 15) is 4.79 Å². The van der Waals surface area contributed by atoms with Crippen LogP contribution < -0.4 is 14.8 Å². The molecule has 0 bridgehead atoms. The minimum Gasteiger partial charge on any atom is -0.493 e. The second kappa shape index (κ2) is 6.93. The summed E-state index contributed by atoms with van der Waals surface area (Å²) in [5.74, 6) is 1.34. The summed E-state index contributed by atoms with van der Waals surface area (Å²) in [5.41, 5.74) is 0.719. The van der Waals surface area contributed by atoms with Gasteiger partial charge >= 0.3 is 0 Å². The maximum absolute atomic E-state index is 11.3. The first-order valence-corrected chi connectivity index (χ1v) is 7.02. The molecule has 1 aromatic carbocycles. The third kappa shape index (κ3) is 3.43. The van der Waals surface area contributed by atoms with Crippen molar-refractivity contribution >= 4 is 17.7 Å². The fourth-order valence-corrected chi connectivity index (χ4v) is 2.35. The lowest BCUT2D eigenvalue weighted by Crippen LogP contribution is -2.20. The van der Waals surface area contributed by atoms with Crippen molar-refractivity contribution in [3.05, 3.63) is 18.2 Å². The van der Waals surface area contributed by atoms with Gasteiger partial charge in [0.25, 0.3) is 0 Å². The Hall–Kier alpha value is -2.29. The van der Waals surface area contributed by atoms with Crippen LogP contribution in [0.2, 0.25) is 0 Å². The zero-order valence-electron chi connectivity index (χ0n) is 11.9. The topological polar surface area (TPSA) is 91.2 Å². The number of benzene rings is 1. The van der Waals surface area contributed by atoms with Crippen molar-refractivity contribution in [2.45, 2.75) is 5.16 Å². The van der Waals surface area contributed by atoms with Gasteiger partial charge in [-0.15, -0.1) is 5.10 Å². The average Bonchev–Trinajstić information content (AvgIpc) is 3.00. The number of tetrazole rings is 1. The lowest BCUT2D eigenvalue weighted by Gasteiger charge is -2.10. The predicted octanol–water partition coefficient (Wildman–Crippen LogP) is 0.518. The van der Waals surface area contributed by atoms with E-state index in [1.807, 2.05) is 6.07 Å². The quantitative estimate of drug-likeness (QED) is 0.778. The van der Waals surface area contributed by atoms with Crippen LogP contribution in [0.5, 0.6) is 11.5 Å². The van der Waals surface area contributed by atoms with E-state index in [1.165, 1.54) is 16.4 Å². The maximum Gasteiger partial charge on any atom is 0.230 e. The van der Waals surface area contributed by atoms with Gasteiger partial charge in [-0.2, -0.15) is 4.68 Å². The molecule has 8 nitrogen and oxygen atoms in total. The van der Waals surface area contributed by atoms with Gasteiger partial charge in [0.2, 0.25) is 11.1 Å². The Balaban J connectivity index is 2.26. The van der Waals surface area contributed by atoms with Crippen molar-refractivity contribution in [1.29, 1.82) is 0 Å². The second-order valence-electron chi connectivity index (χ2n) is 3.87. The number of amides is 1. The van der Waals surface area contributed by atoms with Crippen molar-refractivity contribution in [3.63, 3.8) is 0 Å². The summed E-state index contributed by atoms with van der Waals surface area (Å²) in [7, 11) is 4.71. The molecular weight excluding hydrogens is 294 g/mol. The normalized spacial score (nSPS) is 10.2. The SMILES string of the molecule is CNC(=O)CSc1nnnn1-c1ccc(OC)c(OC)c1. The molecule has 1 amide bonds. The minimum atomic E-state index is -0.0955. The van der Waals surface area contributed by atoms with Gasteiger partial charge in [-0.05, 0) is 22.6 Å². The Morgan fingerprint density at radius 1 is 1.33 bits per heavy atom. The van der Waals surface area contributed by atoms with E-state index in [-0.39, 0.29) is 11.7 Å². The van der Waals surface area contributed by atoms with E-state index < -0.39 is 0 Å². The largest absolute Gasteiger partial charge is 0.493 e. The summed E-state index contributed by atoms with van der Waals surface area (Å²) >= 11 is 1.25. The number of carbonyl (C=O) groups is 1. The average molecular weight is 309 g/mol. The molecule has 21 heavy (non-hydrogen) atoms. The van der Waals surface area contributed by atoms with Crippen LogP contribution in [0.25, 0.3) is 5.69 Å². The number of aromatic nitrogens is 4. The molecule has 0 spiro atoms. The molecule has 1 heterocycles. The highest BCUT2D eigenvalue weighted by Gasteiger charge is 2.13. The first-order chi connectivity index (χ1) is 10.2. The van der Waals surface area contributed by atoms with E-state index in [2.05, 4.69) is 20.8 Å². The highest BCUT2D eigenvalue weighted by Crippen LogP contribution is 2.30. The summed E-state index contributed by atoms with van der Waals surface area (Å²) in [6, 6.07) is 5.34. The molecule has 0 aliphatic heterocycles. The van der Waals surface area contributed by atoms with Crippen LogP contribution in [0.3, 0.4) is 0 Å². The van der Waals surface area contributed by atoms with Gasteiger partial charge in [0.15, 0.2) is 11.5 Å². The van der Waals surface area contributed by atoms with E-state index in [1.54, 1.807) is 33.4 Å². The number of nitrogens with zero attached hydrogens (tertiary/aromatic N) is 4. The molecule has 9 heteroatoms. The molecule has 112 valence electrons. The van der Waals surface area contributed by atoms with Crippen LogP contribution in [-0.4, -0.2) is 53.1 Å². The molecule has 0 unspecified atom stereocenters. The first kappa shape index (κ1) is 15.1. The van der Waals surface area contributed by atoms with E-state index in [4.69, 9.17) is 9.47 Å². The van der Waals surface area contributed by atoms with Crippen molar-refractivity contribution < 1.29 is 14.3 Å². The minimum absolute atomic E-state index is 0.0955. The van der Waals surface area contributed by atoms with Crippen LogP contribution in [-0.2, 0) is 4.79 Å². The molecule has 0 fully saturated rings. The van der Waals surface area contributed by atoms with E-state index in [0.29, 0.717) is 16.7 Å². The summed E-state index contributed by atoms with van der Waals surface area (Å²) in [4.78, 5) is 11.3. The number of rotatable bonds is 6. The smallest absolute Gasteiger partial charge is 0.230 e. The highest BCUT2D eigenvalue weighted by molar-refractivity contribution is 7.99. The zero-order chi connectivity index (χ0) is 15.2. The zero-order valence-corrected chi connectivity index (χ0v) is 12.7. The molecular formula is C12H15N5O3S. The van der Waals surface area contributed by atoms with Gasteiger partial charge in [-0.3, -0.25) is 4.79 Å².